The minimum atomic E-state index is 0.237. The van der Waals surface area contributed by atoms with Crippen molar-refractivity contribution in [3.8, 4) is 0 Å². The number of thioether (sulfide) groups is 1. The molecule has 0 bridgehead atoms. The Bertz CT molecular complexity index is 547. The van der Waals surface area contributed by atoms with Crippen molar-refractivity contribution in [2.24, 2.45) is 0 Å². The van der Waals surface area contributed by atoms with Gasteiger partial charge in [-0.15, -0.1) is 11.8 Å². The quantitative estimate of drug-likeness (QED) is 0.636. The lowest BCUT2D eigenvalue weighted by Crippen LogP contribution is -2.10. The first kappa shape index (κ1) is 15.2. The smallest absolute Gasteiger partial charge is 0.0231 e. The van der Waals surface area contributed by atoms with E-state index in [1.165, 1.54) is 21.6 Å². The summed E-state index contributed by atoms with van der Waals surface area (Å²) in [5, 5.41) is 0. The molecule has 0 aliphatic heterocycles. The van der Waals surface area contributed by atoms with Crippen molar-refractivity contribution < 1.29 is 0 Å². The molecule has 2 aromatic carbocycles. The van der Waals surface area contributed by atoms with E-state index in [1.807, 2.05) is 11.8 Å². The molecule has 0 aliphatic rings. The number of benzene rings is 2. The Hall–Kier alpha value is -1.21. The first-order valence-corrected chi connectivity index (χ1v) is 8.29. The van der Waals surface area contributed by atoms with Crippen LogP contribution in [0.5, 0.6) is 0 Å². The highest BCUT2D eigenvalue weighted by Gasteiger charge is 2.12. The van der Waals surface area contributed by atoms with Gasteiger partial charge in [-0.05, 0) is 40.7 Å². The number of aryl methyl sites for hydroxylation is 1. The van der Waals surface area contributed by atoms with E-state index < -0.39 is 0 Å². The fourth-order valence-corrected chi connectivity index (χ4v) is 3.06. The van der Waals surface area contributed by atoms with Gasteiger partial charge in [-0.1, -0.05) is 64.1 Å². The molecule has 1 heteroatoms. The molecule has 2 aromatic rings. The van der Waals surface area contributed by atoms with Gasteiger partial charge in [0.15, 0.2) is 0 Å². The second-order valence-electron chi connectivity index (χ2n) is 6.24. The molecule has 0 saturated carbocycles. The molecule has 106 valence electrons. The molecule has 2 rings (SSSR count). The maximum atomic E-state index is 2.30. The molecule has 0 spiro atoms. The lowest BCUT2D eigenvalue weighted by molar-refractivity contribution is 0.590. The van der Waals surface area contributed by atoms with Crippen LogP contribution in [-0.4, -0.2) is 0 Å². The zero-order valence-electron chi connectivity index (χ0n) is 12.9. The molecular weight excluding hydrogens is 260 g/mol. The van der Waals surface area contributed by atoms with E-state index in [1.54, 1.807) is 0 Å². The van der Waals surface area contributed by atoms with Gasteiger partial charge in [-0.25, -0.2) is 0 Å². The van der Waals surface area contributed by atoms with E-state index in [-0.39, 0.29) is 5.41 Å². The lowest BCUT2D eigenvalue weighted by Gasteiger charge is -2.19. The highest BCUT2D eigenvalue weighted by molar-refractivity contribution is 7.98. The molecule has 0 amide bonds. The average molecular weight is 284 g/mol. The Morgan fingerprint density at radius 2 is 1.60 bits per heavy atom. The van der Waals surface area contributed by atoms with Crippen LogP contribution in [0.3, 0.4) is 0 Å². The zero-order chi connectivity index (χ0) is 14.6. The first-order valence-electron chi connectivity index (χ1n) is 7.30. The number of hydrogen-bond donors (Lipinski definition) is 0. The Morgan fingerprint density at radius 1 is 0.900 bits per heavy atom. The maximum Gasteiger partial charge on any atom is 0.0231 e. The highest BCUT2D eigenvalue weighted by atomic mass is 32.2. The summed E-state index contributed by atoms with van der Waals surface area (Å²) in [5.74, 6) is 1.04. The molecule has 0 nitrogen and oxygen atoms in total. The Labute approximate surface area is 127 Å². The molecule has 0 aliphatic carbocycles. The first-order chi connectivity index (χ1) is 9.49. The molecule has 0 unspecified atom stereocenters. The third-order valence-electron chi connectivity index (χ3n) is 3.53. The third kappa shape index (κ3) is 4.14. The van der Waals surface area contributed by atoms with E-state index in [0.29, 0.717) is 0 Å². The van der Waals surface area contributed by atoms with E-state index in [9.17, 15) is 0 Å². The van der Waals surface area contributed by atoms with Crippen molar-refractivity contribution in [2.75, 3.05) is 0 Å². The van der Waals surface area contributed by atoms with Gasteiger partial charge in [-0.2, -0.15) is 0 Å². The summed E-state index contributed by atoms with van der Waals surface area (Å²) in [6.07, 6.45) is 1.11. The molecule has 0 saturated heterocycles. The summed E-state index contributed by atoms with van der Waals surface area (Å²) in [6.45, 7) is 8.97. The van der Waals surface area contributed by atoms with E-state index >= 15 is 0 Å². The van der Waals surface area contributed by atoms with Crippen molar-refractivity contribution in [3.05, 3.63) is 65.2 Å². The van der Waals surface area contributed by atoms with Crippen molar-refractivity contribution >= 4 is 11.8 Å². The molecule has 0 N–H and O–H groups in total. The fraction of sp³-hybridized carbons (Fsp3) is 0.368. The SMILES string of the molecule is CCc1cccc(SCc2ccc(C(C)(C)C)cc2)c1. The summed E-state index contributed by atoms with van der Waals surface area (Å²) >= 11 is 1.92. The monoisotopic (exact) mass is 284 g/mol. The van der Waals surface area contributed by atoms with Gasteiger partial charge in [0, 0.05) is 10.6 Å². The molecule has 0 heterocycles. The van der Waals surface area contributed by atoms with Crippen molar-refractivity contribution in [2.45, 2.75) is 50.2 Å². The third-order valence-corrected chi connectivity index (χ3v) is 4.60. The maximum absolute atomic E-state index is 2.30. The van der Waals surface area contributed by atoms with Crippen LogP contribution in [0, 0.1) is 0 Å². The topological polar surface area (TPSA) is 0 Å². The van der Waals surface area contributed by atoms with Crippen LogP contribution in [-0.2, 0) is 17.6 Å². The average Bonchev–Trinajstić information content (AvgIpc) is 2.45. The van der Waals surface area contributed by atoms with Crippen LogP contribution in [0.25, 0.3) is 0 Å². The summed E-state index contributed by atoms with van der Waals surface area (Å²) in [7, 11) is 0. The van der Waals surface area contributed by atoms with Crippen molar-refractivity contribution in [3.63, 3.8) is 0 Å². The van der Waals surface area contributed by atoms with Gasteiger partial charge in [0.2, 0.25) is 0 Å². The van der Waals surface area contributed by atoms with Crippen LogP contribution >= 0.6 is 11.8 Å². The minimum absolute atomic E-state index is 0.237. The molecular formula is C19H24S. The normalized spacial score (nSPS) is 11.6. The molecule has 0 atom stereocenters. The second-order valence-corrected chi connectivity index (χ2v) is 7.29. The van der Waals surface area contributed by atoms with Crippen molar-refractivity contribution in [1.82, 2.24) is 0 Å². The van der Waals surface area contributed by atoms with Crippen LogP contribution in [0.15, 0.2) is 53.4 Å². The van der Waals surface area contributed by atoms with Gasteiger partial charge < -0.3 is 0 Å². The fourth-order valence-electron chi connectivity index (χ4n) is 2.12. The standard InChI is InChI=1S/C19H24S/c1-5-15-7-6-8-18(13-15)20-14-16-9-11-17(12-10-16)19(2,3)4/h6-13H,5,14H2,1-4H3. The predicted octanol–water partition coefficient (Wildman–Crippen LogP) is 5.84. The van der Waals surface area contributed by atoms with E-state index in [4.69, 9.17) is 0 Å². The van der Waals surface area contributed by atoms with Crippen LogP contribution in [0.1, 0.15) is 44.4 Å². The molecule has 20 heavy (non-hydrogen) atoms. The lowest BCUT2D eigenvalue weighted by atomic mass is 9.87. The molecule has 0 fully saturated rings. The van der Waals surface area contributed by atoms with Gasteiger partial charge in [0.1, 0.15) is 0 Å². The van der Waals surface area contributed by atoms with Gasteiger partial charge in [0.25, 0.3) is 0 Å². The highest BCUT2D eigenvalue weighted by Crippen LogP contribution is 2.26. The summed E-state index contributed by atoms with van der Waals surface area (Å²) in [6, 6.07) is 17.9. The van der Waals surface area contributed by atoms with Gasteiger partial charge >= 0.3 is 0 Å². The minimum Gasteiger partial charge on any atom is -0.121 e. The zero-order valence-corrected chi connectivity index (χ0v) is 13.8. The van der Waals surface area contributed by atoms with Crippen LogP contribution in [0.2, 0.25) is 0 Å². The molecule has 0 radical (unpaired) electrons. The molecule has 0 aromatic heterocycles. The number of hydrogen-bond acceptors (Lipinski definition) is 1. The van der Waals surface area contributed by atoms with Gasteiger partial charge in [0.05, 0.1) is 0 Å². The van der Waals surface area contributed by atoms with E-state index in [2.05, 4.69) is 76.2 Å². The number of rotatable bonds is 4. The van der Waals surface area contributed by atoms with Gasteiger partial charge in [-0.3, -0.25) is 0 Å². The van der Waals surface area contributed by atoms with Crippen LogP contribution < -0.4 is 0 Å². The van der Waals surface area contributed by atoms with Crippen molar-refractivity contribution in [1.29, 1.82) is 0 Å². The summed E-state index contributed by atoms with van der Waals surface area (Å²) in [5.41, 5.74) is 4.45. The second kappa shape index (κ2) is 6.49. The predicted molar refractivity (Wildman–Crippen MR) is 90.5 cm³/mol. The van der Waals surface area contributed by atoms with E-state index in [0.717, 1.165) is 12.2 Å². The van der Waals surface area contributed by atoms with Crippen LogP contribution in [0.4, 0.5) is 0 Å². The Balaban J connectivity index is 2.00. The Kier molecular flexibility index (Phi) is 4.93. The Morgan fingerprint density at radius 3 is 2.20 bits per heavy atom. The summed E-state index contributed by atoms with van der Waals surface area (Å²) < 4.78 is 0. The largest absolute Gasteiger partial charge is 0.121 e. The summed E-state index contributed by atoms with van der Waals surface area (Å²) in [4.78, 5) is 1.37.